The Balaban J connectivity index is 1.22. The van der Waals surface area contributed by atoms with Crippen molar-refractivity contribution < 1.29 is 9.47 Å². The molecule has 4 heteroatoms. The van der Waals surface area contributed by atoms with Gasteiger partial charge in [-0.15, -0.1) is 0 Å². The smallest absolute Gasteiger partial charge is 0.129 e. The molecule has 28 heavy (non-hydrogen) atoms. The maximum Gasteiger partial charge on any atom is 0.129 e. The van der Waals surface area contributed by atoms with Crippen LogP contribution in [-0.4, -0.2) is 31.3 Å². The Kier molecular flexibility index (Phi) is 5.78. The lowest BCUT2D eigenvalue weighted by atomic mass is 10.1. The molecular formula is C24H26N2O2. The first-order chi connectivity index (χ1) is 13.8. The van der Waals surface area contributed by atoms with Crippen molar-refractivity contribution in [2.45, 2.75) is 13.3 Å². The third-order valence-electron chi connectivity index (χ3n) is 4.88. The largest absolute Gasteiger partial charge is 0.493 e. The van der Waals surface area contributed by atoms with Crippen LogP contribution < -0.4 is 14.8 Å². The summed E-state index contributed by atoms with van der Waals surface area (Å²) in [6, 6.07) is 22.6. The van der Waals surface area contributed by atoms with Crippen molar-refractivity contribution in [1.82, 2.24) is 10.3 Å². The van der Waals surface area contributed by atoms with Gasteiger partial charge in [-0.1, -0.05) is 42.5 Å². The molecule has 0 saturated carbocycles. The molecule has 0 aliphatic heterocycles. The highest BCUT2D eigenvalue weighted by Crippen LogP contribution is 2.32. The molecule has 4 rings (SSSR count). The molecule has 0 saturated heterocycles. The van der Waals surface area contributed by atoms with Crippen LogP contribution in [-0.2, 0) is 0 Å². The Morgan fingerprint density at radius 2 is 1.50 bits per heavy atom. The van der Waals surface area contributed by atoms with Crippen LogP contribution >= 0.6 is 0 Å². The zero-order valence-corrected chi connectivity index (χ0v) is 16.2. The summed E-state index contributed by atoms with van der Waals surface area (Å²) in [7, 11) is 0. The predicted octanol–water partition coefficient (Wildman–Crippen LogP) is 5.07. The van der Waals surface area contributed by atoms with Gasteiger partial charge in [-0.25, -0.2) is 0 Å². The molecule has 0 amide bonds. The molecule has 0 aliphatic rings. The van der Waals surface area contributed by atoms with Gasteiger partial charge in [0.2, 0.25) is 0 Å². The van der Waals surface area contributed by atoms with E-state index in [9.17, 15) is 0 Å². The minimum atomic E-state index is 0.667. The second-order valence-corrected chi connectivity index (χ2v) is 6.92. The number of rotatable bonds is 9. The monoisotopic (exact) mass is 374 g/mol. The van der Waals surface area contributed by atoms with Crippen LogP contribution in [0.4, 0.5) is 0 Å². The van der Waals surface area contributed by atoms with E-state index in [1.54, 1.807) is 0 Å². The van der Waals surface area contributed by atoms with Crippen molar-refractivity contribution in [3.05, 3.63) is 72.3 Å². The molecule has 4 aromatic rings. The van der Waals surface area contributed by atoms with Gasteiger partial charge in [0.25, 0.3) is 0 Å². The number of aromatic amines is 1. The number of aryl methyl sites for hydroxylation is 1. The van der Waals surface area contributed by atoms with Gasteiger partial charge >= 0.3 is 0 Å². The summed E-state index contributed by atoms with van der Waals surface area (Å²) in [4.78, 5) is 3.45. The van der Waals surface area contributed by atoms with Gasteiger partial charge in [0.15, 0.2) is 0 Å². The number of aromatic nitrogens is 1. The molecule has 0 spiro atoms. The molecule has 144 valence electrons. The van der Waals surface area contributed by atoms with Crippen molar-refractivity contribution in [1.29, 1.82) is 0 Å². The van der Waals surface area contributed by atoms with E-state index in [1.807, 2.05) is 36.4 Å². The van der Waals surface area contributed by atoms with Crippen molar-refractivity contribution in [2.75, 3.05) is 26.3 Å². The van der Waals surface area contributed by atoms with Gasteiger partial charge in [0.1, 0.15) is 18.1 Å². The zero-order valence-electron chi connectivity index (χ0n) is 16.2. The van der Waals surface area contributed by atoms with Gasteiger partial charge in [-0.3, -0.25) is 0 Å². The highest BCUT2D eigenvalue weighted by Gasteiger charge is 2.08. The summed E-state index contributed by atoms with van der Waals surface area (Å²) in [5.41, 5.74) is 3.43. The van der Waals surface area contributed by atoms with E-state index in [0.717, 1.165) is 47.4 Å². The van der Waals surface area contributed by atoms with Crippen LogP contribution in [0.3, 0.4) is 0 Å². The fourth-order valence-corrected chi connectivity index (χ4v) is 3.44. The lowest BCUT2D eigenvalue weighted by molar-refractivity contribution is 0.295. The number of para-hydroxylation sites is 2. The second-order valence-electron chi connectivity index (χ2n) is 6.92. The molecule has 2 N–H and O–H groups in total. The predicted molar refractivity (Wildman–Crippen MR) is 115 cm³/mol. The maximum atomic E-state index is 6.09. The van der Waals surface area contributed by atoms with Crippen LogP contribution in [0.25, 0.3) is 21.8 Å². The molecule has 0 aliphatic carbocycles. The topological polar surface area (TPSA) is 46.3 Å². The zero-order chi connectivity index (χ0) is 19.2. The Hall–Kier alpha value is -2.98. The first kappa shape index (κ1) is 18.4. The van der Waals surface area contributed by atoms with Crippen LogP contribution in [0.15, 0.2) is 66.7 Å². The lowest BCUT2D eigenvalue weighted by Gasteiger charge is -2.10. The van der Waals surface area contributed by atoms with E-state index < -0.39 is 0 Å². The summed E-state index contributed by atoms with van der Waals surface area (Å²) in [6.07, 6.45) is 0.948. The number of hydrogen-bond donors (Lipinski definition) is 2. The number of benzene rings is 3. The third kappa shape index (κ3) is 4.12. The Labute approximate surface area is 165 Å². The van der Waals surface area contributed by atoms with Gasteiger partial charge in [0, 0.05) is 22.8 Å². The minimum Gasteiger partial charge on any atom is -0.493 e. The first-order valence-corrected chi connectivity index (χ1v) is 9.84. The molecule has 0 fully saturated rings. The highest BCUT2D eigenvalue weighted by atomic mass is 16.5. The summed E-state index contributed by atoms with van der Waals surface area (Å²) < 4.78 is 11.9. The molecule has 1 heterocycles. The van der Waals surface area contributed by atoms with Gasteiger partial charge < -0.3 is 19.8 Å². The molecule has 4 nitrogen and oxygen atoms in total. The van der Waals surface area contributed by atoms with Gasteiger partial charge in [0.05, 0.1) is 12.1 Å². The fourth-order valence-electron chi connectivity index (χ4n) is 3.44. The van der Waals surface area contributed by atoms with E-state index in [2.05, 4.69) is 47.6 Å². The number of ether oxygens (including phenoxy) is 2. The van der Waals surface area contributed by atoms with Crippen LogP contribution in [0.1, 0.15) is 12.0 Å². The summed E-state index contributed by atoms with van der Waals surface area (Å²) >= 11 is 0. The normalized spacial score (nSPS) is 11.2. The van der Waals surface area contributed by atoms with E-state index in [0.29, 0.717) is 13.2 Å². The second kappa shape index (κ2) is 8.81. The number of fused-ring (bicyclic) bond motifs is 3. The Morgan fingerprint density at radius 3 is 2.43 bits per heavy atom. The van der Waals surface area contributed by atoms with E-state index in [-0.39, 0.29) is 0 Å². The molecule has 0 bridgehead atoms. The number of H-pyrrole nitrogens is 1. The average molecular weight is 374 g/mol. The molecule has 1 aromatic heterocycles. The standard InChI is InChI=1S/C24H26N2O2/c1-18-8-2-5-12-22(18)28-17-15-25-14-7-16-27-23-13-6-11-21-24(23)19-9-3-4-10-20(19)26-21/h2-6,8-13,25-26H,7,14-17H2,1H3. The van der Waals surface area contributed by atoms with E-state index >= 15 is 0 Å². The molecular weight excluding hydrogens is 348 g/mol. The fraction of sp³-hybridized carbons (Fsp3) is 0.250. The van der Waals surface area contributed by atoms with Crippen LogP contribution in [0.2, 0.25) is 0 Å². The van der Waals surface area contributed by atoms with Crippen molar-refractivity contribution >= 4 is 21.8 Å². The quantitative estimate of drug-likeness (QED) is 0.402. The first-order valence-electron chi connectivity index (χ1n) is 9.84. The Bertz CT molecular complexity index is 1050. The molecule has 3 aromatic carbocycles. The van der Waals surface area contributed by atoms with Crippen LogP contribution in [0.5, 0.6) is 11.5 Å². The van der Waals surface area contributed by atoms with E-state index in [1.165, 1.54) is 10.9 Å². The summed E-state index contributed by atoms with van der Waals surface area (Å²) in [6.45, 7) is 5.15. The number of hydrogen-bond acceptors (Lipinski definition) is 3. The molecule has 0 radical (unpaired) electrons. The minimum absolute atomic E-state index is 0.667. The average Bonchev–Trinajstić information content (AvgIpc) is 3.10. The van der Waals surface area contributed by atoms with Gasteiger partial charge in [-0.05, 0) is 49.7 Å². The lowest BCUT2D eigenvalue weighted by Crippen LogP contribution is -2.23. The Morgan fingerprint density at radius 1 is 0.750 bits per heavy atom. The molecule has 0 unspecified atom stereocenters. The highest BCUT2D eigenvalue weighted by molar-refractivity contribution is 6.10. The third-order valence-corrected chi connectivity index (χ3v) is 4.88. The van der Waals surface area contributed by atoms with Crippen LogP contribution in [0, 0.1) is 6.92 Å². The van der Waals surface area contributed by atoms with Crippen molar-refractivity contribution in [2.24, 2.45) is 0 Å². The van der Waals surface area contributed by atoms with Crippen molar-refractivity contribution in [3.8, 4) is 11.5 Å². The van der Waals surface area contributed by atoms with Gasteiger partial charge in [-0.2, -0.15) is 0 Å². The van der Waals surface area contributed by atoms with E-state index in [4.69, 9.17) is 9.47 Å². The maximum absolute atomic E-state index is 6.09. The SMILES string of the molecule is Cc1ccccc1OCCNCCCOc1cccc2[nH]c3ccccc3c12. The summed E-state index contributed by atoms with van der Waals surface area (Å²) in [5.74, 6) is 1.90. The summed E-state index contributed by atoms with van der Waals surface area (Å²) in [5, 5.41) is 5.78. The molecule has 0 atom stereocenters. The van der Waals surface area contributed by atoms with Crippen molar-refractivity contribution in [3.63, 3.8) is 0 Å². The number of nitrogens with one attached hydrogen (secondary N) is 2.